The maximum absolute atomic E-state index is 9.19. The fourth-order valence-corrected chi connectivity index (χ4v) is 2.03. The largest absolute Gasteiger partial charge is 0.395 e. The molecule has 0 radical (unpaired) electrons. The smallest absolute Gasteiger partial charge is 0.261 e. The maximum atomic E-state index is 9.19. The van der Waals surface area contributed by atoms with Crippen molar-refractivity contribution in [3.63, 3.8) is 0 Å². The zero-order valence-corrected chi connectivity index (χ0v) is 11.1. The number of hydrogen-bond acceptors (Lipinski definition) is 4. The van der Waals surface area contributed by atoms with Crippen molar-refractivity contribution in [2.45, 2.75) is 45.2 Å². The van der Waals surface area contributed by atoms with Crippen LogP contribution >= 0.6 is 0 Å². The van der Waals surface area contributed by atoms with Crippen LogP contribution in [-0.4, -0.2) is 54.5 Å². The lowest BCUT2D eigenvalue weighted by atomic mass is 9.98. The molecule has 1 rings (SSSR count). The van der Waals surface area contributed by atoms with Crippen molar-refractivity contribution in [2.24, 2.45) is 0 Å². The Kier molecular flexibility index (Phi) is 7.14. The fourth-order valence-electron chi connectivity index (χ4n) is 2.03. The van der Waals surface area contributed by atoms with Crippen molar-refractivity contribution in [1.82, 2.24) is 4.90 Å². The Labute approximate surface area is 98.2 Å². The summed E-state index contributed by atoms with van der Waals surface area (Å²) in [6.45, 7) is 5.66. The number of aliphatic hydroxyl groups is 1. The van der Waals surface area contributed by atoms with E-state index < -0.39 is 10.1 Å². The second-order valence-corrected chi connectivity index (χ2v) is 5.79. The number of rotatable bonds is 2. The molecule has 0 bridgehead atoms. The van der Waals surface area contributed by atoms with Crippen molar-refractivity contribution in [3.8, 4) is 0 Å². The number of nitrogens with zero attached hydrogens (tertiary/aromatic N) is 1. The molecule has 6 heteroatoms. The highest BCUT2D eigenvalue weighted by molar-refractivity contribution is 7.85. The van der Waals surface area contributed by atoms with E-state index in [1.54, 1.807) is 0 Å². The van der Waals surface area contributed by atoms with Gasteiger partial charge in [-0.25, -0.2) is 0 Å². The van der Waals surface area contributed by atoms with Gasteiger partial charge in [0.25, 0.3) is 10.1 Å². The van der Waals surface area contributed by atoms with E-state index in [1.807, 2.05) is 0 Å². The number of β-amino-alcohol motifs (C(OH)–C–C–N with tert-alkyl or cyclic N) is 1. The van der Waals surface area contributed by atoms with Crippen LogP contribution in [0.25, 0.3) is 0 Å². The Balaban J connectivity index is 0.000000385. The summed E-state index contributed by atoms with van der Waals surface area (Å²) < 4.78 is 25.9. The predicted octanol–water partition coefficient (Wildman–Crippen LogP) is 0.746. The first kappa shape index (κ1) is 15.8. The van der Waals surface area contributed by atoms with Gasteiger partial charge in [-0.05, 0) is 26.7 Å². The molecule has 5 nitrogen and oxygen atoms in total. The Bertz CT molecular complexity index is 261. The van der Waals surface area contributed by atoms with Crippen LogP contribution in [0.3, 0.4) is 0 Å². The molecular weight excluding hydrogens is 230 g/mol. The highest BCUT2D eigenvalue weighted by atomic mass is 32.2. The van der Waals surface area contributed by atoms with Gasteiger partial charge in [-0.1, -0.05) is 6.42 Å². The van der Waals surface area contributed by atoms with Gasteiger partial charge in [0.05, 0.1) is 12.9 Å². The monoisotopic (exact) mass is 253 g/mol. The van der Waals surface area contributed by atoms with E-state index in [1.165, 1.54) is 19.3 Å². The van der Waals surface area contributed by atoms with E-state index in [2.05, 4.69) is 18.7 Å². The topological polar surface area (TPSA) is 77.8 Å². The number of aliphatic hydroxyl groups excluding tert-OH is 1. The molecule has 1 aliphatic rings. The SMILES string of the molecule is CC1CCCC(C)N1CCO.CS(=O)(=O)O. The summed E-state index contributed by atoms with van der Waals surface area (Å²) in [6.07, 6.45) is 4.66. The summed E-state index contributed by atoms with van der Waals surface area (Å²) in [4.78, 5) is 2.41. The van der Waals surface area contributed by atoms with Crippen LogP contribution < -0.4 is 0 Å². The van der Waals surface area contributed by atoms with Crippen molar-refractivity contribution in [3.05, 3.63) is 0 Å². The van der Waals surface area contributed by atoms with Crippen LogP contribution in [0.2, 0.25) is 0 Å². The molecule has 2 atom stereocenters. The summed E-state index contributed by atoms with van der Waals surface area (Å²) in [5.74, 6) is 0. The molecule has 0 aliphatic carbocycles. The minimum absolute atomic E-state index is 0.300. The molecule has 0 aromatic carbocycles. The van der Waals surface area contributed by atoms with Crippen LogP contribution in [0.5, 0.6) is 0 Å². The van der Waals surface area contributed by atoms with E-state index in [-0.39, 0.29) is 0 Å². The summed E-state index contributed by atoms with van der Waals surface area (Å²) in [5, 5.41) is 8.81. The molecule has 2 N–H and O–H groups in total. The first-order chi connectivity index (χ1) is 7.25. The first-order valence-corrected chi connectivity index (χ1v) is 7.39. The van der Waals surface area contributed by atoms with E-state index in [0.29, 0.717) is 24.9 Å². The van der Waals surface area contributed by atoms with E-state index in [9.17, 15) is 8.42 Å². The summed E-state index contributed by atoms with van der Waals surface area (Å²) in [7, 11) is -3.67. The first-order valence-electron chi connectivity index (χ1n) is 5.54. The third-order valence-electron chi connectivity index (χ3n) is 2.73. The number of piperidine rings is 1. The molecule has 0 amide bonds. The molecule has 0 spiro atoms. The van der Waals surface area contributed by atoms with Gasteiger partial charge in [-0.3, -0.25) is 9.45 Å². The van der Waals surface area contributed by atoms with Gasteiger partial charge in [0.2, 0.25) is 0 Å². The molecule has 0 saturated carbocycles. The van der Waals surface area contributed by atoms with Gasteiger partial charge in [-0.15, -0.1) is 0 Å². The van der Waals surface area contributed by atoms with Gasteiger partial charge in [0, 0.05) is 18.6 Å². The summed E-state index contributed by atoms with van der Waals surface area (Å²) in [5.41, 5.74) is 0. The Hall–Kier alpha value is -0.170. The molecule has 2 unspecified atom stereocenters. The fraction of sp³-hybridized carbons (Fsp3) is 1.00. The van der Waals surface area contributed by atoms with Crippen molar-refractivity contribution in [2.75, 3.05) is 19.4 Å². The lowest BCUT2D eigenvalue weighted by Gasteiger charge is -2.38. The van der Waals surface area contributed by atoms with Gasteiger partial charge < -0.3 is 5.11 Å². The normalized spacial score (nSPS) is 27.1. The summed E-state index contributed by atoms with van der Waals surface area (Å²) in [6, 6.07) is 1.34. The second kappa shape index (κ2) is 7.21. The predicted molar refractivity (Wildman–Crippen MR) is 64.0 cm³/mol. The third-order valence-corrected chi connectivity index (χ3v) is 2.73. The Morgan fingerprint density at radius 2 is 1.62 bits per heavy atom. The van der Waals surface area contributed by atoms with Crippen LogP contribution in [-0.2, 0) is 10.1 Å². The molecule has 0 aromatic rings. The molecular formula is C10H23NO4S. The quantitative estimate of drug-likeness (QED) is 0.710. The van der Waals surface area contributed by atoms with Crippen molar-refractivity contribution >= 4 is 10.1 Å². The minimum atomic E-state index is -3.67. The van der Waals surface area contributed by atoms with Gasteiger partial charge in [-0.2, -0.15) is 8.42 Å². The van der Waals surface area contributed by atoms with E-state index in [4.69, 9.17) is 9.66 Å². The average Bonchev–Trinajstić information content (AvgIpc) is 2.09. The molecule has 98 valence electrons. The standard InChI is InChI=1S/C9H19NO.CH4O3S/c1-8-4-3-5-9(2)10(8)6-7-11;1-5(2,3)4/h8-9,11H,3-7H2,1-2H3;1H3,(H,2,3,4). The zero-order chi connectivity index (χ0) is 12.8. The van der Waals surface area contributed by atoms with Gasteiger partial charge in [0.15, 0.2) is 0 Å². The van der Waals surface area contributed by atoms with Crippen LogP contribution in [0.15, 0.2) is 0 Å². The van der Waals surface area contributed by atoms with Crippen LogP contribution in [0.1, 0.15) is 33.1 Å². The minimum Gasteiger partial charge on any atom is -0.395 e. The molecule has 16 heavy (non-hydrogen) atoms. The van der Waals surface area contributed by atoms with Crippen molar-refractivity contribution in [1.29, 1.82) is 0 Å². The number of hydrogen-bond donors (Lipinski definition) is 2. The van der Waals surface area contributed by atoms with Crippen LogP contribution in [0, 0.1) is 0 Å². The van der Waals surface area contributed by atoms with E-state index >= 15 is 0 Å². The highest BCUT2D eigenvalue weighted by Crippen LogP contribution is 2.21. The summed E-state index contributed by atoms with van der Waals surface area (Å²) >= 11 is 0. The molecule has 1 saturated heterocycles. The van der Waals surface area contributed by atoms with Gasteiger partial charge >= 0.3 is 0 Å². The Morgan fingerprint density at radius 1 is 1.25 bits per heavy atom. The number of likely N-dealkylation sites (tertiary alicyclic amines) is 1. The van der Waals surface area contributed by atoms with Crippen LogP contribution in [0.4, 0.5) is 0 Å². The highest BCUT2D eigenvalue weighted by Gasteiger charge is 2.23. The zero-order valence-electron chi connectivity index (χ0n) is 10.3. The molecule has 1 heterocycles. The molecule has 0 aromatic heterocycles. The lowest BCUT2D eigenvalue weighted by molar-refractivity contribution is 0.0804. The Morgan fingerprint density at radius 3 is 1.94 bits per heavy atom. The molecule has 1 fully saturated rings. The lowest BCUT2D eigenvalue weighted by Crippen LogP contribution is -2.44. The van der Waals surface area contributed by atoms with E-state index in [0.717, 1.165) is 6.54 Å². The second-order valence-electron chi connectivity index (χ2n) is 4.32. The van der Waals surface area contributed by atoms with Gasteiger partial charge in [0.1, 0.15) is 0 Å². The third kappa shape index (κ3) is 8.04. The average molecular weight is 253 g/mol. The molecule has 1 aliphatic heterocycles. The van der Waals surface area contributed by atoms with Crippen molar-refractivity contribution < 1.29 is 18.1 Å². The maximum Gasteiger partial charge on any atom is 0.261 e.